The number of carbonyl (C=O) groups excluding carboxylic acids is 2. The summed E-state index contributed by atoms with van der Waals surface area (Å²) < 4.78 is 4.91. The number of aromatic nitrogens is 1. The summed E-state index contributed by atoms with van der Waals surface area (Å²) in [7, 11) is 1.87. The molecular formula is C14H23N3O3S. The average molecular weight is 313 g/mol. The predicted molar refractivity (Wildman–Crippen MR) is 82.3 cm³/mol. The van der Waals surface area contributed by atoms with E-state index in [4.69, 9.17) is 4.74 Å². The van der Waals surface area contributed by atoms with Crippen molar-refractivity contribution in [3.8, 4) is 0 Å². The first-order valence-corrected chi connectivity index (χ1v) is 7.97. The van der Waals surface area contributed by atoms with Crippen LogP contribution >= 0.6 is 11.3 Å². The molecule has 0 bridgehead atoms. The summed E-state index contributed by atoms with van der Waals surface area (Å²) in [6.07, 6.45) is 0. The van der Waals surface area contributed by atoms with Gasteiger partial charge in [-0.15, -0.1) is 11.3 Å². The quantitative estimate of drug-likeness (QED) is 0.683. The van der Waals surface area contributed by atoms with Gasteiger partial charge in [-0.3, -0.25) is 9.69 Å². The van der Waals surface area contributed by atoms with E-state index >= 15 is 0 Å². The van der Waals surface area contributed by atoms with Crippen LogP contribution in [0, 0.1) is 0 Å². The van der Waals surface area contributed by atoms with E-state index in [2.05, 4.69) is 4.98 Å². The molecule has 0 atom stereocenters. The van der Waals surface area contributed by atoms with Gasteiger partial charge in [0.1, 0.15) is 0 Å². The first kappa shape index (κ1) is 17.6. The van der Waals surface area contributed by atoms with Crippen molar-refractivity contribution in [1.29, 1.82) is 0 Å². The van der Waals surface area contributed by atoms with Crippen molar-refractivity contribution in [3.05, 3.63) is 16.1 Å². The minimum Gasteiger partial charge on any atom is -0.461 e. The number of likely N-dealkylation sites (N-methyl/N-ethyl adjacent to an activating group) is 2. The normalized spacial score (nSPS) is 10.7. The molecule has 1 aromatic rings. The zero-order chi connectivity index (χ0) is 15.8. The molecule has 1 heterocycles. The van der Waals surface area contributed by atoms with Gasteiger partial charge in [-0.1, -0.05) is 0 Å². The molecule has 0 aliphatic heterocycles. The van der Waals surface area contributed by atoms with Gasteiger partial charge < -0.3 is 9.64 Å². The van der Waals surface area contributed by atoms with Crippen molar-refractivity contribution < 1.29 is 14.3 Å². The Morgan fingerprint density at radius 2 is 1.95 bits per heavy atom. The van der Waals surface area contributed by atoms with Crippen LogP contribution in [-0.4, -0.2) is 59.9 Å². The first-order chi connectivity index (χ1) is 10.0. The van der Waals surface area contributed by atoms with E-state index in [1.165, 1.54) is 11.3 Å². The fraction of sp³-hybridized carbons (Fsp3) is 0.643. The molecular weight excluding hydrogens is 290 g/mol. The molecule has 1 aromatic heterocycles. The highest BCUT2D eigenvalue weighted by Gasteiger charge is 2.15. The van der Waals surface area contributed by atoms with Crippen LogP contribution in [-0.2, 0) is 16.1 Å². The third kappa shape index (κ3) is 5.43. The molecule has 0 aliphatic rings. The lowest BCUT2D eigenvalue weighted by atomic mass is 10.4. The summed E-state index contributed by atoms with van der Waals surface area (Å²) >= 11 is 1.27. The Hall–Kier alpha value is -1.47. The van der Waals surface area contributed by atoms with Crippen LogP contribution in [0.15, 0.2) is 5.38 Å². The highest BCUT2D eigenvalue weighted by atomic mass is 32.1. The molecule has 0 aromatic carbocycles. The standard InChI is InChI=1S/C14H23N3O3S/c1-5-17(6-2)12(18)9-16(4)8-11-10-21-13(15-11)14(19)20-7-3/h10H,5-9H2,1-4H3. The Kier molecular flexibility index (Phi) is 7.31. The van der Waals surface area contributed by atoms with Gasteiger partial charge in [0.05, 0.1) is 18.8 Å². The third-order valence-corrected chi connectivity index (χ3v) is 3.83. The maximum Gasteiger partial charge on any atom is 0.367 e. The molecule has 1 rings (SSSR count). The van der Waals surface area contributed by atoms with Gasteiger partial charge in [0.2, 0.25) is 10.9 Å². The van der Waals surface area contributed by atoms with Crippen molar-refractivity contribution in [2.24, 2.45) is 0 Å². The van der Waals surface area contributed by atoms with Crippen molar-refractivity contribution in [3.63, 3.8) is 0 Å². The van der Waals surface area contributed by atoms with E-state index < -0.39 is 5.97 Å². The van der Waals surface area contributed by atoms with Gasteiger partial charge in [-0.2, -0.15) is 0 Å². The molecule has 21 heavy (non-hydrogen) atoms. The summed E-state index contributed by atoms with van der Waals surface area (Å²) in [5, 5.41) is 2.18. The Bertz CT molecular complexity index is 472. The smallest absolute Gasteiger partial charge is 0.367 e. The van der Waals surface area contributed by atoms with E-state index in [0.717, 1.165) is 5.69 Å². The number of hydrogen-bond donors (Lipinski definition) is 0. The number of nitrogens with zero attached hydrogens (tertiary/aromatic N) is 3. The van der Waals surface area contributed by atoms with Gasteiger partial charge >= 0.3 is 5.97 Å². The summed E-state index contributed by atoms with van der Waals surface area (Å²) in [6.45, 7) is 8.34. The second-order valence-electron chi connectivity index (χ2n) is 4.60. The Morgan fingerprint density at radius 1 is 1.29 bits per heavy atom. The zero-order valence-electron chi connectivity index (χ0n) is 13.1. The van der Waals surface area contributed by atoms with Crippen LogP contribution in [0.1, 0.15) is 36.3 Å². The van der Waals surface area contributed by atoms with Gasteiger partial charge in [0, 0.05) is 25.0 Å². The topological polar surface area (TPSA) is 62.7 Å². The minimum atomic E-state index is -0.393. The Labute approximate surface area is 129 Å². The second kappa shape index (κ2) is 8.74. The minimum absolute atomic E-state index is 0.100. The fourth-order valence-corrected chi connectivity index (χ4v) is 2.61. The zero-order valence-corrected chi connectivity index (χ0v) is 13.9. The number of hydrogen-bond acceptors (Lipinski definition) is 6. The summed E-state index contributed by atoms with van der Waals surface area (Å²) in [4.78, 5) is 31.5. The molecule has 1 amide bonds. The molecule has 0 fully saturated rings. The van der Waals surface area contributed by atoms with E-state index in [1.54, 1.807) is 11.8 Å². The number of carbonyl (C=O) groups is 2. The molecule has 6 nitrogen and oxygen atoms in total. The highest BCUT2D eigenvalue weighted by molar-refractivity contribution is 7.11. The maximum absolute atomic E-state index is 12.0. The van der Waals surface area contributed by atoms with E-state index in [1.807, 2.05) is 31.2 Å². The number of rotatable bonds is 8. The molecule has 0 N–H and O–H groups in total. The summed E-state index contributed by atoms with van der Waals surface area (Å²) in [5.74, 6) is -0.293. The number of ether oxygens (including phenoxy) is 1. The van der Waals surface area contributed by atoms with E-state index in [9.17, 15) is 9.59 Å². The molecule has 0 spiro atoms. The molecule has 0 aliphatic carbocycles. The van der Waals surface area contributed by atoms with Crippen molar-refractivity contribution in [1.82, 2.24) is 14.8 Å². The summed E-state index contributed by atoms with van der Waals surface area (Å²) in [5.41, 5.74) is 0.776. The van der Waals surface area contributed by atoms with E-state index in [-0.39, 0.29) is 5.91 Å². The molecule has 0 radical (unpaired) electrons. The Balaban J connectivity index is 2.53. The molecule has 0 unspecified atom stereocenters. The van der Waals surface area contributed by atoms with Gasteiger partial charge in [-0.05, 0) is 27.8 Å². The summed E-state index contributed by atoms with van der Waals surface area (Å²) in [6, 6.07) is 0. The van der Waals surface area contributed by atoms with E-state index in [0.29, 0.717) is 37.8 Å². The van der Waals surface area contributed by atoms with Crippen LogP contribution in [0.2, 0.25) is 0 Å². The lowest BCUT2D eigenvalue weighted by Gasteiger charge is -2.22. The predicted octanol–water partition coefficient (Wildman–Crippen LogP) is 1.62. The van der Waals surface area contributed by atoms with Crippen LogP contribution < -0.4 is 0 Å². The molecule has 118 valence electrons. The van der Waals surface area contributed by atoms with Gasteiger partial charge in [-0.25, -0.2) is 9.78 Å². The van der Waals surface area contributed by atoms with Crippen LogP contribution in [0.4, 0.5) is 0 Å². The van der Waals surface area contributed by atoms with Gasteiger partial charge in [0.15, 0.2) is 0 Å². The second-order valence-corrected chi connectivity index (χ2v) is 5.46. The largest absolute Gasteiger partial charge is 0.461 e. The van der Waals surface area contributed by atoms with Gasteiger partial charge in [0.25, 0.3) is 0 Å². The van der Waals surface area contributed by atoms with Crippen molar-refractivity contribution in [2.45, 2.75) is 27.3 Å². The number of esters is 1. The third-order valence-electron chi connectivity index (χ3n) is 2.96. The van der Waals surface area contributed by atoms with Crippen LogP contribution in [0.3, 0.4) is 0 Å². The number of thiazole rings is 1. The molecule has 7 heteroatoms. The number of amides is 1. The van der Waals surface area contributed by atoms with Crippen molar-refractivity contribution >= 4 is 23.2 Å². The highest BCUT2D eigenvalue weighted by Crippen LogP contribution is 2.12. The fourth-order valence-electron chi connectivity index (χ4n) is 1.91. The van der Waals surface area contributed by atoms with Crippen molar-refractivity contribution in [2.75, 3.05) is 33.3 Å². The SMILES string of the molecule is CCOC(=O)c1nc(CN(C)CC(=O)N(CC)CC)cs1. The first-order valence-electron chi connectivity index (χ1n) is 7.09. The average Bonchev–Trinajstić information content (AvgIpc) is 2.88. The Morgan fingerprint density at radius 3 is 2.52 bits per heavy atom. The lowest BCUT2D eigenvalue weighted by molar-refractivity contribution is -0.131. The molecule has 0 saturated carbocycles. The maximum atomic E-state index is 12.0. The molecule has 0 saturated heterocycles. The van der Waals surface area contributed by atoms with Crippen LogP contribution in [0.25, 0.3) is 0 Å². The van der Waals surface area contributed by atoms with Crippen LogP contribution in [0.5, 0.6) is 0 Å². The monoisotopic (exact) mass is 313 g/mol. The lowest BCUT2D eigenvalue weighted by Crippen LogP contribution is -2.38.